The van der Waals surface area contributed by atoms with Gasteiger partial charge in [0.1, 0.15) is 4.88 Å². The molecule has 0 aliphatic rings. The largest absolute Gasteiger partial charge is 0.465 e. The lowest BCUT2D eigenvalue weighted by molar-refractivity contribution is -0.116. The summed E-state index contributed by atoms with van der Waals surface area (Å²) in [5.41, 5.74) is 7.22. The third-order valence-electron chi connectivity index (χ3n) is 3.59. The third kappa shape index (κ3) is 4.87. The van der Waals surface area contributed by atoms with Crippen molar-refractivity contribution in [2.24, 2.45) is 5.73 Å². The van der Waals surface area contributed by atoms with Crippen molar-refractivity contribution in [2.75, 3.05) is 12.4 Å². The van der Waals surface area contributed by atoms with E-state index >= 15 is 0 Å². The topological polar surface area (TPSA) is 94.3 Å². The number of carbonyl (C=O) groups is 2. The van der Waals surface area contributed by atoms with Gasteiger partial charge in [0.05, 0.1) is 12.8 Å². The van der Waals surface area contributed by atoms with Gasteiger partial charge in [-0.2, -0.15) is 0 Å². The minimum atomic E-state index is -0.455. The van der Waals surface area contributed by atoms with Crippen LogP contribution in [-0.4, -0.2) is 24.0 Å². The van der Waals surface area contributed by atoms with Gasteiger partial charge in [-0.05, 0) is 5.56 Å². The molecule has 2 rings (SSSR count). The quantitative estimate of drug-likeness (QED) is 0.797. The van der Waals surface area contributed by atoms with Crippen LogP contribution in [0.3, 0.4) is 0 Å². The number of methoxy groups -OCH3 is 1. The maximum atomic E-state index is 12.3. The Morgan fingerprint density at radius 2 is 1.92 bits per heavy atom. The van der Waals surface area contributed by atoms with Crippen molar-refractivity contribution in [3.8, 4) is 0 Å². The molecule has 0 spiro atoms. The summed E-state index contributed by atoms with van der Waals surface area (Å²) in [6, 6.07) is 9.03. The summed E-state index contributed by atoms with van der Waals surface area (Å²) in [4.78, 5) is 29.0. The van der Waals surface area contributed by atoms with Gasteiger partial charge >= 0.3 is 5.97 Å². The van der Waals surface area contributed by atoms with Crippen LogP contribution in [0.25, 0.3) is 0 Å². The number of rotatable bonds is 5. The van der Waals surface area contributed by atoms with Gasteiger partial charge in [-0.1, -0.05) is 62.4 Å². The number of ether oxygens (including phenoxy) is 1. The first kappa shape index (κ1) is 19.1. The van der Waals surface area contributed by atoms with Crippen molar-refractivity contribution >= 4 is 28.3 Å². The van der Waals surface area contributed by atoms with Gasteiger partial charge in [0, 0.05) is 17.9 Å². The number of amides is 1. The Hall–Kier alpha value is -2.25. The van der Waals surface area contributed by atoms with Crippen LogP contribution in [0.2, 0.25) is 0 Å². The van der Waals surface area contributed by atoms with Crippen LogP contribution in [0.1, 0.15) is 54.2 Å². The third-order valence-corrected chi connectivity index (χ3v) is 4.54. The van der Waals surface area contributed by atoms with Crippen LogP contribution in [0.5, 0.6) is 0 Å². The molecule has 1 heterocycles. The maximum absolute atomic E-state index is 12.3. The van der Waals surface area contributed by atoms with Crippen molar-refractivity contribution in [1.29, 1.82) is 0 Å². The summed E-state index contributed by atoms with van der Waals surface area (Å²) in [6.07, 6.45) is 0.127. The summed E-state index contributed by atoms with van der Waals surface area (Å²) in [7, 11) is 1.33. The van der Waals surface area contributed by atoms with Crippen molar-refractivity contribution in [1.82, 2.24) is 4.98 Å². The average molecular weight is 361 g/mol. The van der Waals surface area contributed by atoms with Crippen LogP contribution in [0.4, 0.5) is 5.13 Å². The standard InChI is InChI=1S/C18H23N3O3S/c1-18(2,3)15-14(16(23)24-4)25-17(21-15)20-13(22)10-12(19)11-8-6-5-7-9-11/h5-9,12H,10,19H2,1-4H3,(H,20,21,22). The smallest absolute Gasteiger partial charge is 0.350 e. The highest BCUT2D eigenvalue weighted by molar-refractivity contribution is 7.17. The Labute approximate surface area is 151 Å². The molecule has 6 nitrogen and oxygen atoms in total. The predicted molar refractivity (Wildman–Crippen MR) is 98.8 cm³/mol. The second kappa shape index (κ2) is 7.76. The van der Waals surface area contributed by atoms with E-state index in [-0.39, 0.29) is 17.7 Å². The zero-order valence-electron chi connectivity index (χ0n) is 14.8. The molecule has 1 atom stereocenters. The second-order valence-corrected chi connectivity index (χ2v) is 7.71. The molecule has 0 radical (unpaired) electrons. The number of hydrogen-bond acceptors (Lipinski definition) is 6. The van der Waals surface area contributed by atoms with E-state index in [1.54, 1.807) is 0 Å². The minimum Gasteiger partial charge on any atom is -0.465 e. The Balaban J connectivity index is 2.13. The molecule has 0 saturated carbocycles. The molecule has 25 heavy (non-hydrogen) atoms. The van der Waals surface area contributed by atoms with Crippen molar-refractivity contribution in [3.63, 3.8) is 0 Å². The van der Waals surface area contributed by atoms with Crippen molar-refractivity contribution < 1.29 is 14.3 Å². The molecule has 0 aliphatic heterocycles. The first-order chi connectivity index (χ1) is 11.7. The van der Waals surface area contributed by atoms with E-state index in [1.807, 2.05) is 51.1 Å². The van der Waals surface area contributed by atoms with Crippen LogP contribution in [-0.2, 0) is 14.9 Å². The Kier molecular flexibility index (Phi) is 5.92. The summed E-state index contributed by atoms with van der Waals surface area (Å²) >= 11 is 1.11. The molecule has 0 saturated heterocycles. The van der Waals surface area contributed by atoms with Crippen molar-refractivity contribution in [2.45, 2.75) is 38.6 Å². The number of nitrogens with two attached hydrogens (primary N) is 1. The van der Waals surface area contributed by atoms with E-state index in [9.17, 15) is 9.59 Å². The molecular weight excluding hydrogens is 338 g/mol. The molecule has 0 aliphatic carbocycles. The normalized spacial score (nSPS) is 12.5. The SMILES string of the molecule is COC(=O)c1sc(NC(=O)CC(N)c2ccccc2)nc1C(C)(C)C. The molecule has 1 amide bonds. The fourth-order valence-corrected chi connectivity index (χ4v) is 3.41. The lowest BCUT2D eigenvalue weighted by Gasteiger charge is -2.16. The number of hydrogen-bond donors (Lipinski definition) is 2. The molecule has 3 N–H and O–H groups in total. The number of esters is 1. The van der Waals surface area contributed by atoms with Gasteiger partial charge in [-0.25, -0.2) is 9.78 Å². The zero-order chi connectivity index (χ0) is 18.6. The van der Waals surface area contributed by atoms with E-state index in [0.29, 0.717) is 15.7 Å². The molecule has 134 valence electrons. The second-order valence-electron chi connectivity index (χ2n) is 6.71. The summed E-state index contributed by atoms with van der Waals surface area (Å²) in [5.74, 6) is -0.703. The number of aromatic nitrogens is 1. The van der Waals surface area contributed by atoms with Crippen LogP contribution < -0.4 is 11.1 Å². The Morgan fingerprint density at radius 3 is 2.48 bits per heavy atom. The summed E-state index contributed by atoms with van der Waals surface area (Å²) < 4.78 is 4.81. The van der Waals surface area contributed by atoms with E-state index < -0.39 is 12.0 Å². The maximum Gasteiger partial charge on any atom is 0.350 e. The first-order valence-electron chi connectivity index (χ1n) is 7.92. The van der Waals surface area contributed by atoms with Gasteiger partial charge in [-0.15, -0.1) is 0 Å². The highest BCUT2D eigenvalue weighted by Gasteiger charge is 2.28. The monoisotopic (exact) mass is 361 g/mol. The average Bonchev–Trinajstić information content (AvgIpc) is 2.98. The highest BCUT2D eigenvalue weighted by Crippen LogP contribution is 2.32. The first-order valence-corrected chi connectivity index (χ1v) is 8.74. The molecule has 0 bridgehead atoms. The lowest BCUT2D eigenvalue weighted by Crippen LogP contribution is -2.21. The molecule has 2 aromatic rings. The zero-order valence-corrected chi connectivity index (χ0v) is 15.6. The predicted octanol–water partition coefficient (Wildman–Crippen LogP) is 3.26. The molecular formula is C18H23N3O3S. The van der Waals surface area contributed by atoms with Gasteiger partial charge in [0.15, 0.2) is 5.13 Å². The van der Waals surface area contributed by atoms with E-state index in [1.165, 1.54) is 7.11 Å². The number of carbonyl (C=O) groups excluding carboxylic acids is 2. The fourth-order valence-electron chi connectivity index (χ4n) is 2.30. The fraction of sp³-hybridized carbons (Fsp3) is 0.389. The van der Waals surface area contributed by atoms with E-state index in [4.69, 9.17) is 10.5 Å². The molecule has 0 fully saturated rings. The number of nitrogens with one attached hydrogen (secondary N) is 1. The van der Waals surface area contributed by atoms with Gasteiger partial charge in [0.25, 0.3) is 0 Å². The summed E-state index contributed by atoms with van der Waals surface area (Å²) in [5, 5.41) is 3.11. The van der Waals surface area contributed by atoms with Gasteiger partial charge in [0.2, 0.25) is 5.91 Å². The highest BCUT2D eigenvalue weighted by atomic mass is 32.1. The van der Waals surface area contributed by atoms with Crippen LogP contribution in [0.15, 0.2) is 30.3 Å². The minimum absolute atomic E-state index is 0.127. The lowest BCUT2D eigenvalue weighted by atomic mass is 9.91. The van der Waals surface area contributed by atoms with Crippen LogP contribution >= 0.6 is 11.3 Å². The molecule has 1 aromatic heterocycles. The number of nitrogens with zero attached hydrogens (tertiary/aromatic N) is 1. The number of thiazole rings is 1. The molecule has 1 unspecified atom stereocenters. The summed E-state index contributed by atoms with van der Waals surface area (Å²) in [6.45, 7) is 5.85. The van der Waals surface area contributed by atoms with Gasteiger partial charge in [-0.3, -0.25) is 4.79 Å². The van der Waals surface area contributed by atoms with Gasteiger partial charge < -0.3 is 15.8 Å². The Morgan fingerprint density at radius 1 is 1.28 bits per heavy atom. The van der Waals surface area contributed by atoms with Crippen LogP contribution in [0, 0.1) is 0 Å². The van der Waals surface area contributed by atoms with Crippen molar-refractivity contribution in [3.05, 3.63) is 46.5 Å². The molecule has 7 heteroatoms. The number of benzene rings is 1. The molecule has 1 aromatic carbocycles. The van der Waals surface area contributed by atoms with E-state index in [0.717, 1.165) is 16.9 Å². The number of anilines is 1. The Bertz CT molecular complexity index is 751. The van der Waals surface area contributed by atoms with E-state index in [2.05, 4.69) is 10.3 Å².